The second kappa shape index (κ2) is 4.34. The molecular formula is C15H16ClN3. The number of nitrogens with one attached hydrogen (secondary N) is 1. The van der Waals surface area contributed by atoms with Crippen LogP contribution < -0.4 is 5.32 Å². The molecule has 98 valence electrons. The van der Waals surface area contributed by atoms with E-state index in [0.717, 1.165) is 28.6 Å². The molecule has 4 rings (SSSR count). The van der Waals surface area contributed by atoms with Gasteiger partial charge in [-0.1, -0.05) is 18.6 Å². The Kier molecular flexibility index (Phi) is 2.62. The third-order valence-corrected chi connectivity index (χ3v) is 4.81. The van der Waals surface area contributed by atoms with Gasteiger partial charge < -0.3 is 5.32 Å². The van der Waals surface area contributed by atoms with E-state index in [0.29, 0.717) is 11.3 Å². The summed E-state index contributed by atoms with van der Waals surface area (Å²) in [7, 11) is 0. The fourth-order valence-corrected chi connectivity index (χ4v) is 3.93. The Morgan fingerprint density at radius 3 is 2.79 bits per heavy atom. The Morgan fingerprint density at radius 1 is 1.11 bits per heavy atom. The molecule has 0 amide bonds. The maximum atomic E-state index is 6.03. The summed E-state index contributed by atoms with van der Waals surface area (Å²) in [6, 6.07) is 8.60. The molecule has 19 heavy (non-hydrogen) atoms. The minimum Gasteiger partial charge on any atom is -0.366 e. The van der Waals surface area contributed by atoms with Gasteiger partial charge >= 0.3 is 0 Å². The van der Waals surface area contributed by atoms with Crippen LogP contribution in [-0.2, 0) is 0 Å². The first-order valence-electron chi connectivity index (χ1n) is 6.98. The van der Waals surface area contributed by atoms with Crippen LogP contribution in [0, 0.1) is 11.8 Å². The number of halogens is 1. The van der Waals surface area contributed by atoms with Gasteiger partial charge in [0.2, 0.25) is 5.28 Å². The van der Waals surface area contributed by atoms with Crippen LogP contribution in [0.25, 0.3) is 10.9 Å². The number of aromatic nitrogens is 2. The summed E-state index contributed by atoms with van der Waals surface area (Å²) >= 11 is 6.03. The van der Waals surface area contributed by atoms with Gasteiger partial charge in [0, 0.05) is 11.4 Å². The fourth-order valence-electron chi connectivity index (χ4n) is 3.76. The normalized spacial score (nSPS) is 29.0. The minimum atomic E-state index is 0.323. The lowest BCUT2D eigenvalue weighted by Gasteiger charge is -2.24. The largest absolute Gasteiger partial charge is 0.366 e. The zero-order valence-corrected chi connectivity index (χ0v) is 11.4. The molecule has 1 aromatic heterocycles. The summed E-state index contributed by atoms with van der Waals surface area (Å²) in [5.41, 5.74) is 0.910. The summed E-state index contributed by atoms with van der Waals surface area (Å²) in [4.78, 5) is 8.66. The number of fused-ring (bicyclic) bond motifs is 3. The molecule has 2 aromatic rings. The standard InChI is InChI=1S/C15H16ClN3/c16-15-18-12-4-2-1-3-11(12)14(19-15)17-13-8-9-5-6-10(13)7-9/h1-4,9-10,13H,5-8H2,(H,17,18,19). The zero-order valence-electron chi connectivity index (χ0n) is 10.6. The average Bonchev–Trinajstić information content (AvgIpc) is 3.01. The van der Waals surface area contributed by atoms with Gasteiger partial charge in [-0.05, 0) is 54.8 Å². The molecule has 3 atom stereocenters. The smallest absolute Gasteiger partial charge is 0.224 e. The Labute approximate surface area is 117 Å². The molecular weight excluding hydrogens is 258 g/mol. The second-order valence-electron chi connectivity index (χ2n) is 5.78. The molecule has 3 nitrogen and oxygen atoms in total. The van der Waals surface area contributed by atoms with E-state index in [1.807, 2.05) is 18.2 Å². The Balaban J connectivity index is 1.70. The van der Waals surface area contributed by atoms with E-state index in [2.05, 4.69) is 21.4 Å². The summed E-state index contributed by atoms with van der Waals surface area (Å²) < 4.78 is 0. The summed E-state index contributed by atoms with van der Waals surface area (Å²) in [5, 5.41) is 5.01. The highest BCUT2D eigenvalue weighted by atomic mass is 35.5. The van der Waals surface area contributed by atoms with Gasteiger partial charge in [0.05, 0.1) is 5.52 Å². The number of hydrogen-bond donors (Lipinski definition) is 1. The number of rotatable bonds is 2. The molecule has 4 heteroatoms. The first-order valence-corrected chi connectivity index (χ1v) is 7.36. The molecule has 0 radical (unpaired) electrons. The van der Waals surface area contributed by atoms with Crippen LogP contribution in [0.15, 0.2) is 24.3 Å². The molecule has 0 spiro atoms. The van der Waals surface area contributed by atoms with Gasteiger partial charge in [-0.3, -0.25) is 0 Å². The van der Waals surface area contributed by atoms with Crippen molar-refractivity contribution in [2.45, 2.75) is 31.7 Å². The molecule has 1 heterocycles. The molecule has 2 saturated carbocycles. The fraction of sp³-hybridized carbons (Fsp3) is 0.467. The lowest BCUT2D eigenvalue weighted by Crippen LogP contribution is -2.26. The Bertz CT molecular complexity index is 628. The van der Waals surface area contributed by atoms with Crippen molar-refractivity contribution in [3.05, 3.63) is 29.5 Å². The van der Waals surface area contributed by atoms with Crippen LogP contribution in [0.4, 0.5) is 5.82 Å². The summed E-state index contributed by atoms with van der Waals surface area (Å²) in [6.07, 6.45) is 5.43. The van der Waals surface area contributed by atoms with Crippen molar-refractivity contribution in [1.29, 1.82) is 0 Å². The number of para-hydroxylation sites is 1. The van der Waals surface area contributed by atoms with Crippen molar-refractivity contribution in [1.82, 2.24) is 9.97 Å². The quantitative estimate of drug-likeness (QED) is 0.844. The minimum absolute atomic E-state index is 0.323. The topological polar surface area (TPSA) is 37.8 Å². The molecule has 2 aliphatic carbocycles. The third-order valence-electron chi connectivity index (χ3n) is 4.64. The predicted molar refractivity (Wildman–Crippen MR) is 77.4 cm³/mol. The van der Waals surface area contributed by atoms with Crippen LogP contribution in [0.1, 0.15) is 25.7 Å². The van der Waals surface area contributed by atoms with Gasteiger partial charge in [-0.2, -0.15) is 0 Å². The van der Waals surface area contributed by atoms with Crippen molar-refractivity contribution in [3.8, 4) is 0 Å². The van der Waals surface area contributed by atoms with Gasteiger partial charge in [0.25, 0.3) is 0 Å². The number of hydrogen-bond acceptors (Lipinski definition) is 3. The van der Waals surface area contributed by atoms with Crippen LogP contribution in [0.3, 0.4) is 0 Å². The maximum Gasteiger partial charge on any atom is 0.224 e. The van der Waals surface area contributed by atoms with Crippen LogP contribution in [-0.4, -0.2) is 16.0 Å². The highest BCUT2D eigenvalue weighted by Gasteiger charge is 2.39. The molecule has 2 bridgehead atoms. The molecule has 1 aromatic carbocycles. The van der Waals surface area contributed by atoms with E-state index in [1.54, 1.807) is 0 Å². The van der Waals surface area contributed by atoms with E-state index in [-0.39, 0.29) is 0 Å². The van der Waals surface area contributed by atoms with Crippen LogP contribution in [0.5, 0.6) is 0 Å². The molecule has 0 saturated heterocycles. The Hall–Kier alpha value is -1.35. The number of anilines is 1. The SMILES string of the molecule is Clc1nc(NC2CC3CCC2C3)c2ccccc2n1. The first kappa shape index (κ1) is 11.5. The van der Waals surface area contributed by atoms with Gasteiger partial charge in [0.15, 0.2) is 0 Å². The first-order chi connectivity index (χ1) is 9.29. The highest BCUT2D eigenvalue weighted by molar-refractivity contribution is 6.28. The highest BCUT2D eigenvalue weighted by Crippen LogP contribution is 2.45. The van der Waals surface area contributed by atoms with Crippen LogP contribution >= 0.6 is 11.6 Å². The van der Waals surface area contributed by atoms with Crippen LogP contribution in [0.2, 0.25) is 5.28 Å². The van der Waals surface area contributed by atoms with E-state index < -0.39 is 0 Å². The zero-order chi connectivity index (χ0) is 12.8. The lowest BCUT2D eigenvalue weighted by molar-refractivity contribution is 0.439. The van der Waals surface area contributed by atoms with Crippen molar-refractivity contribution >= 4 is 28.3 Å². The third kappa shape index (κ3) is 1.96. The number of nitrogens with zero attached hydrogens (tertiary/aromatic N) is 2. The van der Waals surface area contributed by atoms with Gasteiger partial charge in [0.1, 0.15) is 5.82 Å². The van der Waals surface area contributed by atoms with Gasteiger partial charge in [-0.15, -0.1) is 0 Å². The van der Waals surface area contributed by atoms with E-state index >= 15 is 0 Å². The van der Waals surface area contributed by atoms with Gasteiger partial charge in [-0.25, -0.2) is 9.97 Å². The molecule has 0 aliphatic heterocycles. The predicted octanol–water partition coefficient (Wildman–Crippen LogP) is 3.88. The van der Waals surface area contributed by atoms with Crippen molar-refractivity contribution < 1.29 is 0 Å². The number of benzene rings is 1. The molecule has 2 aliphatic rings. The van der Waals surface area contributed by atoms with Crippen molar-refractivity contribution in [3.63, 3.8) is 0 Å². The molecule has 3 unspecified atom stereocenters. The summed E-state index contributed by atoms with van der Waals surface area (Å²) in [5.74, 6) is 2.64. The van der Waals surface area contributed by atoms with Crippen molar-refractivity contribution in [2.24, 2.45) is 11.8 Å². The average molecular weight is 274 g/mol. The summed E-state index contributed by atoms with van der Waals surface area (Å²) in [6.45, 7) is 0. The second-order valence-corrected chi connectivity index (χ2v) is 6.12. The monoisotopic (exact) mass is 273 g/mol. The van der Waals surface area contributed by atoms with E-state index in [4.69, 9.17) is 11.6 Å². The Morgan fingerprint density at radius 2 is 2.00 bits per heavy atom. The van der Waals surface area contributed by atoms with E-state index in [1.165, 1.54) is 25.7 Å². The van der Waals surface area contributed by atoms with E-state index in [9.17, 15) is 0 Å². The maximum absolute atomic E-state index is 6.03. The molecule has 2 fully saturated rings. The molecule has 1 N–H and O–H groups in total. The lowest BCUT2D eigenvalue weighted by atomic mass is 9.95. The van der Waals surface area contributed by atoms with Crippen molar-refractivity contribution in [2.75, 3.05) is 5.32 Å².